The number of piperidine rings is 1. The predicted molar refractivity (Wildman–Crippen MR) is 86.3 cm³/mol. The van der Waals surface area contributed by atoms with Crippen molar-refractivity contribution < 1.29 is 0 Å². The van der Waals surface area contributed by atoms with Crippen molar-refractivity contribution in [2.75, 3.05) is 32.7 Å². The van der Waals surface area contributed by atoms with Crippen LogP contribution in [-0.2, 0) is 6.54 Å². The van der Waals surface area contributed by atoms with E-state index in [0.717, 1.165) is 19.1 Å². The molecule has 3 heterocycles. The maximum absolute atomic E-state index is 3.59. The maximum Gasteiger partial charge on any atom is 0.0364 e. The molecule has 4 rings (SSSR count). The van der Waals surface area contributed by atoms with Crippen LogP contribution in [0.3, 0.4) is 0 Å². The minimum Gasteiger partial charge on any atom is -0.313 e. The van der Waals surface area contributed by atoms with E-state index >= 15 is 0 Å². The number of hydrogen-bond donors (Lipinski definition) is 1. The Labute approximate surface area is 128 Å². The molecule has 1 N–H and O–H groups in total. The Balaban J connectivity index is 1.55. The number of rotatable bonds is 1. The Morgan fingerprint density at radius 1 is 0.952 bits per heavy atom. The van der Waals surface area contributed by atoms with Gasteiger partial charge in [0.25, 0.3) is 0 Å². The second-order valence-electron chi connectivity index (χ2n) is 6.86. The summed E-state index contributed by atoms with van der Waals surface area (Å²) in [5.41, 5.74) is 3.08. The Bertz CT molecular complexity index is 487. The van der Waals surface area contributed by atoms with Crippen LogP contribution in [0.4, 0.5) is 0 Å². The topological polar surface area (TPSA) is 18.5 Å². The van der Waals surface area contributed by atoms with Gasteiger partial charge < -0.3 is 5.32 Å². The summed E-state index contributed by atoms with van der Waals surface area (Å²) < 4.78 is 0. The number of nitrogens with zero attached hydrogens (tertiary/aromatic N) is 2. The second kappa shape index (κ2) is 6.07. The Morgan fingerprint density at radius 3 is 2.86 bits per heavy atom. The molecule has 1 aromatic carbocycles. The van der Waals surface area contributed by atoms with Crippen LogP contribution in [0, 0.1) is 0 Å². The highest BCUT2D eigenvalue weighted by atomic mass is 15.3. The molecule has 0 saturated carbocycles. The Morgan fingerprint density at radius 2 is 1.86 bits per heavy atom. The molecule has 2 atom stereocenters. The third-order valence-corrected chi connectivity index (χ3v) is 5.63. The molecule has 2 unspecified atom stereocenters. The molecule has 0 spiro atoms. The van der Waals surface area contributed by atoms with Crippen LogP contribution in [0.15, 0.2) is 24.3 Å². The molecule has 3 aliphatic heterocycles. The lowest BCUT2D eigenvalue weighted by Gasteiger charge is -2.46. The molecule has 2 saturated heterocycles. The third kappa shape index (κ3) is 2.75. The summed E-state index contributed by atoms with van der Waals surface area (Å²) in [6, 6.07) is 10.5. The largest absolute Gasteiger partial charge is 0.313 e. The quantitative estimate of drug-likeness (QED) is 0.855. The van der Waals surface area contributed by atoms with E-state index in [4.69, 9.17) is 0 Å². The molecule has 3 aliphatic rings. The fourth-order valence-corrected chi connectivity index (χ4v) is 4.48. The van der Waals surface area contributed by atoms with Crippen LogP contribution in [-0.4, -0.2) is 48.6 Å². The molecule has 114 valence electrons. The smallest absolute Gasteiger partial charge is 0.0364 e. The van der Waals surface area contributed by atoms with Crippen molar-refractivity contribution in [3.63, 3.8) is 0 Å². The van der Waals surface area contributed by atoms with Crippen molar-refractivity contribution in [2.24, 2.45) is 0 Å². The zero-order valence-electron chi connectivity index (χ0n) is 12.9. The summed E-state index contributed by atoms with van der Waals surface area (Å²) in [5.74, 6) is 0. The lowest BCUT2D eigenvalue weighted by Crippen LogP contribution is -2.55. The molecule has 3 heteroatoms. The normalized spacial score (nSPS) is 31.2. The van der Waals surface area contributed by atoms with Crippen molar-refractivity contribution in [1.82, 2.24) is 15.1 Å². The monoisotopic (exact) mass is 285 g/mol. The standard InChI is InChI=1S/C18H27N3/c1-2-7-17-15(5-1)13-19-9-8-18(17)21-12-11-20-10-4-3-6-16(20)14-21/h1-2,5,7,16,18-19H,3-4,6,8-14H2. The minimum absolute atomic E-state index is 0.625. The van der Waals surface area contributed by atoms with Crippen molar-refractivity contribution in [2.45, 2.75) is 44.3 Å². The fraction of sp³-hybridized carbons (Fsp3) is 0.667. The molecular weight excluding hydrogens is 258 g/mol. The van der Waals surface area contributed by atoms with Gasteiger partial charge in [0.1, 0.15) is 0 Å². The molecule has 2 fully saturated rings. The summed E-state index contributed by atoms with van der Waals surface area (Å²) in [6.07, 6.45) is 5.50. The minimum atomic E-state index is 0.625. The van der Waals surface area contributed by atoms with E-state index in [-0.39, 0.29) is 0 Å². The van der Waals surface area contributed by atoms with Crippen LogP contribution in [0.5, 0.6) is 0 Å². The van der Waals surface area contributed by atoms with Crippen LogP contribution < -0.4 is 5.32 Å². The molecule has 0 aromatic heterocycles. The Kier molecular flexibility index (Phi) is 3.97. The van der Waals surface area contributed by atoms with Gasteiger partial charge in [0.2, 0.25) is 0 Å². The van der Waals surface area contributed by atoms with Crippen molar-refractivity contribution in [1.29, 1.82) is 0 Å². The van der Waals surface area contributed by atoms with Gasteiger partial charge >= 0.3 is 0 Å². The molecule has 0 aliphatic carbocycles. The van der Waals surface area contributed by atoms with Crippen molar-refractivity contribution in [3.8, 4) is 0 Å². The van der Waals surface area contributed by atoms with Gasteiger partial charge in [-0.15, -0.1) is 0 Å². The molecule has 21 heavy (non-hydrogen) atoms. The summed E-state index contributed by atoms with van der Waals surface area (Å²) in [5, 5.41) is 3.59. The number of benzene rings is 1. The SMILES string of the molecule is c1ccc2c(c1)CNCCC2N1CCN2CCCCC2C1. The van der Waals surface area contributed by atoms with Gasteiger partial charge in [-0.2, -0.15) is 0 Å². The van der Waals surface area contributed by atoms with Crippen molar-refractivity contribution in [3.05, 3.63) is 35.4 Å². The van der Waals surface area contributed by atoms with Gasteiger partial charge in [-0.3, -0.25) is 9.80 Å². The first-order valence-electron chi connectivity index (χ1n) is 8.68. The van der Waals surface area contributed by atoms with E-state index in [1.807, 2.05) is 0 Å². The van der Waals surface area contributed by atoms with E-state index in [1.54, 1.807) is 5.56 Å². The van der Waals surface area contributed by atoms with Gasteiger partial charge in [-0.05, 0) is 43.5 Å². The summed E-state index contributed by atoms with van der Waals surface area (Å²) in [6.45, 7) is 7.31. The van der Waals surface area contributed by atoms with Gasteiger partial charge in [0.15, 0.2) is 0 Å². The summed E-state index contributed by atoms with van der Waals surface area (Å²) in [4.78, 5) is 5.51. The van der Waals surface area contributed by atoms with Gasteiger partial charge in [-0.1, -0.05) is 30.7 Å². The third-order valence-electron chi connectivity index (χ3n) is 5.63. The van der Waals surface area contributed by atoms with E-state index in [2.05, 4.69) is 39.4 Å². The Hall–Kier alpha value is -0.900. The number of piperazine rings is 1. The van der Waals surface area contributed by atoms with Gasteiger partial charge in [0, 0.05) is 38.3 Å². The average molecular weight is 285 g/mol. The highest BCUT2D eigenvalue weighted by Crippen LogP contribution is 2.32. The molecule has 3 nitrogen and oxygen atoms in total. The molecule has 1 aromatic rings. The number of fused-ring (bicyclic) bond motifs is 2. The first-order chi connectivity index (χ1) is 10.4. The number of nitrogens with one attached hydrogen (secondary N) is 1. The van der Waals surface area contributed by atoms with Crippen LogP contribution in [0.2, 0.25) is 0 Å². The fourth-order valence-electron chi connectivity index (χ4n) is 4.48. The zero-order valence-corrected chi connectivity index (χ0v) is 12.9. The maximum atomic E-state index is 3.59. The lowest BCUT2D eigenvalue weighted by atomic mass is 9.94. The lowest BCUT2D eigenvalue weighted by molar-refractivity contribution is 0.0253. The van der Waals surface area contributed by atoms with E-state index < -0.39 is 0 Å². The summed E-state index contributed by atoms with van der Waals surface area (Å²) >= 11 is 0. The molecule has 0 amide bonds. The van der Waals surface area contributed by atoms with Crippen LogP contribution in [0.1, 0.15) is 42.9 Å². The molecule has 0 radical (unpaired) electrons. The molecular formula is C18H27N3. The van der Waals surface area contributed by atoms with Crippen LogP contribution in [0.25, 0.3) is 0 Å². The average Bonchev–Trinajstić information content (AvgIpc) is 2.77. The first-order valence-corrected chi connectivity index (χ1v) is 8.68. The molecule has 0 bridgehead atoms. The predicted octanol–water partition coefficient (Wildman–Crippen LogP) is 2.39. The number of hydrogen-bond acceptors (Lipinski definition) is 3. The van der Waals surface area contributed by atoms with E-state index in [1.165, 1.54) is 57.4 Å². The van der Waals surface area contributed by atoms with Crippen LogP contribution >= 0.6 is 0 Å². The highest BCUT2D eigenvalue weighted by molar-refractivity contribution is 5.31. The first kappa shape index (κ1) is 13.7. The summed E-state index contributed by atoms with van der Waals surface area (Å²) in [7, 11) is 0. The highest BCUT2D eigenvalue weighted by Gasteiger charge is 2.33. The van der Waals surface area contributed by atoms with Gasteiger partial charge in [-0.25, -0.2) is 0 Å². The second-order valence-corrected chi connectivity index (χ2v) is 6.86. The zero-order chi connectivity index (χ0) is 14.1. The van der Waals surface area contributed by atoms with E-state index in [9.17, 15) is 0 Å². The van der Waals surface area contributed by atoms with Crippen molar-refractivity contribution >= 4 is 0 Å². The van der Waals surface area contributed by atoms with Gasteiger partial charge in [0.05, 0.1) is 0 Å². The van der Waals surface area contributed by atoms with E-state index in [0.29, 0.717) is 6.04 Å².